The fraction of sp³-hybridized carbons (Fsp3) is 0.875. The zero-order valence-corrected chi connectivity index (χ0v) is 14.1. The Morgan fingerprint density at radius 3 is 2.38 bits per heavy atom. The molecule has 0 radical (unpaired) electrons. The number of carbonyl (C=O) groups excluding carboxylic acids is 2. The van der Waals surface area contributed by atoms with E-state index in [0.29, 0.717) is 18.4 Å². The SMILES string of the molecule is CCN(CC(=O)NC(C)C)C(=O)C1CC(N)C(C)CC1C. The summed E-state index contributed by atoms with van der Waals surface area (Å²) >= 11 is 0. The molecule has 0 aromatic rings. The van der Waals surface area contributed by atoms with Gasteiger partial charge in [-0.15, -0.1) is 0 Å². The van der Waals surface area contributed by atoms with Gasteiger partial charge in [-0.25, -0.2) is 0 Å². The summed E-state index contributed by atoms with van der Waals surface area (Å²) in [4.78, 5) is 26.2. The number of likely N-dealkylation sites (N-methyl/N-ethyl adjacent to an activating group) is 1. The molecule has 0 aliphatic heterocycles. The van der Waals surface area contributed by atoms with E-state index in [0.717, 1.165) is 12.8 Å². The Kier molecular flexibility index (Phi) is 6.65. The maximum atomic E-state index is 12.7. The van der Waals surface area contributed by atoms with Crippen molar-refractivity contribution in [3.8, 4) is 0 Å². The number of amides is 2. The Labute approximate surface area is 128 Å². The molecule has 4 unspecified atom stereocenters. The Hall–Kier alpha value is -1.10. The number of hydrogen-bond donors (Lipinski definition) is 2. The van der Waals surface area contributed by atoms with Gasteiger partial charge in [0.05, 0.1) is 6.54 Å². The van der Waals surface area contributed by atoms with E-state index >= 15 is 0 Å². The molecule has 1 aliphatic rings. The summed E-state index contributed by atoms with van der Waals surface area (Å²) in [5, 5.41) is 2.83. The zero-order valence-electron chi connectivity index (χ0n) is 14.1. The molecule has 1 rings (SSSR count). The fourth-order valence-electron chi connectivity index (χ4n) is 3.15. The second-order valence-corrected chi connectivity index (χ2v) is 6.77. The van der Waals surface area contributed by atoms with Crippen LogP contribution in [0.2, 0.25) is 0 Å². The summed E-state index contributed by atoms with van der Waals surface area (Å²) in [5.41, 5.74) is 6.13. The third-order valence-electron chi connectivity index (χ3n) is 4.48. The van der Waals surface area contributed by atoms with Crippen LogP contribution in [-0.4, -0.2) is 41.9 Å². The molecule has 0 heterocycles. The summed E-state index contributed by atoms with van der Waals surface area (Å²) in [5.74, 6) is 0.716. The summed E-state index contributed by atoms with van der Waals surface area (Å²) in [7, 11) is 0. The monoisotopic (exact) mass is 297 g/mol. The number of nitrogens with two attached hydrogens (primary N) is 1. The van der Waals surface area contributed by atoms with Crippen molar-refractivity contribution in [3.63, 3.8) is 0 Å². The normalized spacial score (nSPS) is 29.3. The molecule has 21 heavy (non-hydrogen) atoms. The smallest absolute Gasteiger partial charge is 0.239 e. The number of nitrogens with zero attached hydrogens (tertiary/aromatic N) is 1. The molecule has 0 aromatic carbocycles. The van der Waals surface area contributed by atoms with E-state index < -0.39 is 0 Å². The van der Waals surface area contributed by atoms with Gasteiger partial charge in [-0.2, -0.15) is 0 Å². The Morgan fingerprint density at radius 1 is 1.24 bits per heavy atom. The average molecular weight is 297 g/mol. The highest BCUT2D eigenvalue weighted by Gasteiger charge is 2.37. The van der Waals surface area contributed by atoms with Gasteiger partial charge in [-0.3, -0.25) is 9.59 Å². The number of hydrogen-bond acceptors (Lipinski definition) is 3. The van der Waals surface area contributed by atoms with Crippen LogP contribution in [0.4, 0.5) is 0 Å². The van der Waals surface area contributed by atoms with Crippen molar-refractivity contribution in [2.45, 2.75) is 59.5 Å². The first-order chi connectivity index (χ1) is 9.76. The average Bonchev–Trinajstić information content (AvgIpc) is 2.38. The molecule has 2 amide bonds. The van der Waals surface area contributed by atoms with Crippen LogP contribution in [0.3, 0.4) is 0 Å². The molecule has 0 bridgehead atoms. The Bertz CT molecular complexity index is 371. The highest BCUT2D eigenvalue weighted by atomic mass is 16.2. The summed E-state index contributed by atoms with van der Waals surface area (Å²) in [6.45, 7) is 10.7. The standard InChI is InChI=1S/C16H31N3O2/c1-6-19(9-15(20)18-10(2)3)16(21)13-8-14(17)12(5)7-11(13)4/h10-14H,6-9,17H2,1-5H3,(H,18,20). The minimum atomic E-state index is -0.0960. The molecular weight excluding hydrogens is 266 g/mol. The van der Waals surface area contributed by atoms with Crippen molar-refractivity contribution in [1.82, 2.24) is 10.2 Å². The zero-order chi connectivity index (χ0) is 16.2. The Morgan fingerprint density at radius 2 is 1.86 bits per heavy atom. The summed E-state index contributed by atoms with van der Waals surface area (Å²) in [6, 6.07) is 0.174. The van der Waals surface area contributed by atoms with Crippen molar-refractivity contribution in [1.29, 1.82) is 0 Å². The maximum Gasteiger partial charge on any atom is 0.239 e. The highest BCUT2D eigenvalue weighted by Crippen LogP contribution is 2.33. The second kappa shape index (κ2) is 7.78. The van der Waals surface area contributed by atoms with Crippen molar-refractivity contribution >= 4 is 11.8 Å². The largest absolute Gasteiger partial charge is 0.352 e. The molecule has 5 nitrogen and oxygen atoms in total. The minimum Gasteiger partial charge on any atom is -0.352 e. The van der Waals surface area contributed by atoms with Crippen LogP contribution < -0.4 is 11.1 Å². The van der Waals surface area contributed by atoms with Crippen LogP contribution >= 0.6 is 0 Å². The maximum absolute atomic E-state index is 12.7. The molecule has 0 aromatic heterocycles. The molecule has 0 saturated heterocycles. The van der Waals surface area contributed by atoms with Crippen molar-refractivity contribution < 1.29 is 9.59 Å². The summed E-state index contributed by atoms with van der Waals surface area (Å²) < 4.78 is 0. The van der Waals surface area contributed by atoms with E-state index in [1.807, 2.05) is 20.8 Å². The third-order valence-corrected chi connectivity index (χ3v) is 4.48. The first-order valence-corrected chi connectivity index (χ1v) is 8.09. The van der Waals surface area contributed by atoms with E-state index in [1.165, 1.54) is 0 Å². The molecule has 1 fully saturated rings. The van der Waals surface area contributed by atoms with Crippen LogP contribution in [-0.2, 0) is 9.59 Å². The van der Waals surface area contributed by atoms with Crippen LogP contribution in [0, 0.1) is 17.8 Å². The fourth-order valence-corrected chi connectivity index (χ4v) is 3.15. The highest BCUT2D eigenvalue weighted by molar-refractivity contribution is 5.86. The van der Waals surface area contributed by atoms with Gasteiger partial charge >= 0.3 is 0 Å². The van der Waals surface area contributed by atoms with Gasteiger partial charge in [0, 0.05) is 24.5 Å². The number of rotatable bonds is 5. The van der Waals surface area contributed by atoms with E-state index in [-0.39, 0.29) is 36.4 Å². The van der Waals surface area contributed by atoms with E-state index in [9.17, 15) is 9.59 Å². The predicted octanol–water partition coefficient (Wildman–Crippen LogP) is 1.37. The molecule has 1 saturated carbocycles. The molecule has 5 heteroatoms. The van der Waals surface area contributed by atoms with Crippen molar-refractivity contribution in [2.24, 2.45) is 23.5 Å². The predicted molar refractivity (Wildman–Crippen MR) is 84.6 cm³/mol. The molecular formula is C16H31N3O2. The lowest BCUT2D eigenvalue weighted by atomic mass is 9.72. The molecule has 4 atom stereocenters. The molecule has 1 aliphatic carbocycles. The quantitative estimate of drug-likeness (QED) is 0.805. The lowest BCUT2D eigenvalue weighted by Gasteiger charge is -2.38. The van der Waals surface area contributed by atoms with E-state index in [1.54, 1.807) is 4.90 Å². The molecule has 122 valence electrons. The molecule has 3 N–H and O–H groups in total. The topological polar surface area (TPSA) is 75.4 Å². The lowest BCUT2D eigenvalue weighted by molar-refractivity contribution is -0.142. The summed E-state index contributed by atoms with van der Waals surface area (Å²) in [6.07, 6.45) is 1.71. The van der Waals surface area contributed by atoms with Gasteiger partial charge in [0.1, 0.15) is 0 Å². The Balaban J connectivity index is 2.67. The van der Waals surface area contributed by atoms with Gasteiger partial charge in [0.2, 0.25) is 11.8 Å². The minimum absolute atomic E-state index is 0.0528. The lowest BCUT2D eigenvalue weighted by Crippen LogP contribution is -2.49. The van der Waals surface area contributed by atoms with Crippen LogP contribution in [0.5, 0.6) is 0 Å². The van der Waals surface area contributed by atoms with Gasteiger partial charge in [0.15, 0.2) is 0 Å². The van der Waals surface area contributed by atoms with E-state index in [4.69, 9.17) is 5.73 Å². The van der Waals surface area contributed by atoms with Gasteiger partial charge in [-0.05, 0) is 45.4 Å². The van der Waals surface area contributed by atoms with Gasteiger partial charge < -0.3 is 16.0 Å². The van der Waals surface area contributed by atoms with E-state index in [2.05, 4.69) is 19.2 Å². The third kappa shape index (κ3) is 4.99. The first-order valence-electron chi connectivity index (χ1n) is 8.09. The van der Waals surface area contributed by atoms with Crippen LogP contribution in [0.15, 0.2) is 0 Å². The van der Waals surface area contributed by atoms with Crippen LogP contribution in [0.1, 0.15) is 47.5 Å². The van der Waals surface area contributed by atoms with Crippen LogP contribution in [0.25, 0.3) is 0 Å². The number of nitrogens with one attached hydrogen (secondary N) is 1. The molecule has 0 spiro atoms. The van der Waals surface area contributed by atoms with Gasteiger partial charge in [-0.1, -0.05) is 13.8 Å². The first kappa shape index (κ1) is 18.0. The van der Waals surface area contributed by atoms with Crippen molar-refractivity contribution in [3.05, 3.63) is 0 Å². The second-order valence-electron chi connectivity index (χ2n) is 6.77. The number of carbonyl (C=O) groups is 2. The van der Waals surface area contributed by atoms with Crippen molar-refractivity contribution in [2.75, 3.05) is 13.1 Å². The van der Waals surface area contributed by atoms with Gasteiger partial charge in [0.25, 0.3) is 0 Å².